The number of rotatable bonds is 6. The first-order valence-electron chi connectivity index (χ1n) is 7.79. The van der Waals surface area contributed by atoms with Crippen molar-refractivity contribution in [3.8, 4) is 17.0 Å². The average Bonchev–Trinajstić information content (AvgIpc) is 2.67. The van der Waals surface area contributed by atoms with Crippen molar-refractivity contribution < 1.29 is 21.9 Å². The summed E-state index contributed by atoms with van der Waals surface area (Å²) in [5.41, 5.74) is 1.57. The summed E-state index contributed by atoms with van der Waals surface area (Å²) in [6.07, 6.45) is 1.28. The number of hydrogen-bond donors (Lipinski definition) is 1. The van der Waals surface area contributed by atoms with E-state index in [-0.39, 0.29) is 23.0 Å². The molecule has 27 heavy (non-hydrogen) atoms. The fourth-order valence-electron chi connectivity index (χ4n) is 2.38. The van der Waals surface area contributed by atoms with E-state index in [1.54, 1.807) is 18.2 Å². The third kappa shape index (κ3) is 4.44. The van der Waals surface area contributed by atoms with Gasteiger partial charge in [-0.1, -0.05) is 0 Å². The first-order valence-corrected chi connectivity index (χ1v) is 9.27. The zero-order valence-corrected chi connectivity index (χ0v) is 15.0. The number of aromatic nitrogens is 2. The molecule has 0 amide bonds. The molecule has 0 fully saturated rings. The predicted molar refractivity (Wildman–Crippen MR) is 94.4 cm³/mol. The Bertz CT molecular complexity index is 1060. The average molecular weight is 391 g/mol. The molecule has 0 spiro atoms. The molecule has 0 atom stereocenters. The number of nitrogens with one attached hydrogen (secondary N) is 1. The van der Waals surface area contributed by atoms with Crippen LogP contribution in [0.2, 0.25) is 0 Å². The molecule has 140 valence electrons. The van der Waals surface area contributed by atoms with Crippen molar-refractivity contribution in [3.63, 3.8) is 0 Å². The third-order valence-corrected chi connectivity index (χ3v) is 5.14. The Labute approximate surface area is 154 Å². The fourth-order valence-corrected chi connectivity index (χ4v) is 3.56. The van der Waals surface area contributed by atoms with Crippen LogP contribution in [0.25, 0.3) is 11.3 Å². The number of halogens is 2. The van der Waals surface area contributed by atoms with Gasteiger partial charge in [0.15, 0.2) is 0 Å². The molecule has 3 aromatic rings. The Morgan fingerprint density at radius 2 is 1.70 bits per heavy atom. The lowest BCUT2D eigenvalue weighted by atomic mass is 10.1. The van der Waals surface area contributed by atoms with Crippen molar-refractivity contribution in [2.24, 2.45) is 0 Å². The lowest BCUT2D eigenvalue weighted by Crippen LogP contribution is -2.24. The van der Waals surface area contributed by atoms with Crippen LogP contribution in [-0.2, 0) is 16.6 Å². The van der Waals surface area contributed by atoms with Crippen LogP contribution in [0.4, 0.5) is 8.78 Å². The number of benzene rings is 2. The molecule has 2 aromatic carbocycles. The summed E-state index contributed by atoms with van der Waals surface area (Å²) >= 11 is 0. The molecular weight excluding hydrogens is 376 g/mol. The Morgan fingerprint density at radius 1 is 1.00 bits per heavy atom. The summed E-state index contributed by atoms with van der Waals surface area (Å²) in [4.78, 5) is 7.81. The summed E-state index contributed by atoms with van der Waals surface area (Å²) in [6.45, 7) is -0.140. The molecular formula is C18H15F2N3O3S. The van der Waals surface area contributed by atoms with Gasteiger partial charge in [0.2, 0.25) is 10.0 Å². The molecule has 3 rings (SSSR count). The van der Waals surface area contributed by atoms with E-state index in [0.29, 0.717) is 17.0 Å². The Kier molecular flexibility index (Phi) is 5.43. The van der Waals surface area contributed by atoms with Crippen molar-refractivity contribution in [1.29, 1.82) is 0 Å². The van der Waals surface area contributed by atoms with Gasteiger partial charge in [0, 0.05) is 5.56 Å². The van der Waals surface area contributed by atoms with Crippen LogP contribution in [0.1, 0.15) is 5.69 Å². The molecule has 0 saturated heterocycles. The van der Waals surface area contributed by atoms with Gasteiger partial charge in [-0.05, 0) is 48.5 Å². The van der Waals surface area contributed by atoms with E-state index in [1.165, 1.54) is 31.6 Å². The molecule has 1 N–H and O–H groups in total. The highest BCUT2D eigenvalue weighted by Gasteiger charge is 2.20. The highest BCUT2D eigenvalue weighted by atomic mass is 32.2. The molecule has 0 saturated carbocycles. The number of sulfonamides is 1. The SMILES string of the molecule is COc1ccc(F)cc1S(=O)(=O)NCc1cc(-c2ccc(F)cc2)ncn1. The summed E-state index contributed by atoms with van der Waals surface area (Å²) < 4.78 is 58.8. The Hall–Kier alpha value is -2.91. The fraction of sp³-hybridized carbons (Fsp3) is 0.111. The van der Waals surface area contributed by atoms with Gasteiger partial charge >= 0.3 is 0 Å². The topological polar surface area (TPSA) is 81.2 Å². The van der Waals surface area contributed by atoms with Crippen LogP contribution in [0, 0.1) is 11.6 Å². The van der Waals surface area contributed by atoms with E-state index >= 15 is 0 Å². The molecule has 0 bridgehead atoms. The second kappa shape index (κ2) is 7.77. The Balaban J connectivity index is 1.81. The summed E-state index contributed by atoms with van der Waals surface area (Å²) in [7, 11) is -2.73. The van der Waals surface area contributed by atoms with Crippen LogP contribution in [0.5, 0.6) is 5.75 Å². The van der Waals surface area contributed by atoms with E-state index in [2.05, 4.69) is 14.7 Å². The molecule has 1 aromatic heterocycles. The molecule has 0 radical (unpaired) electrons. The first-order chi connectivity index (χ1) is 12.9. The van der Waals surface area contributed by atoms with E-state index in [9.17, 15) is 17.2 Å². The maximum absolute atomic E-state index is 13.5. The first kappa shape index (κ1) is 18.9. The lowest BCUT2D eigenvalue weighted by molar-refractivity contribution is 0.400. The van der Waals surface area contributed by atoms with Crippen LogP contribution in [-0.4, -0.2) is 25.5 Å². The van der Waals surface area contributed by atoms with Crippen molar-refractivity contribution >= 4 is 10.0 Å². The van der Waals surface area contributed by atoms with E-state index in [0.717, 1.165) is 12.1 Å². The van der Waals surface area contributed by atoms with Crippen molar-refractivity contribution in [2.75, 3.05) is 7.11 Å². The maximum Gasteiger partial charge on any atom is 0.244 e. The summed E-state index contributed by atoms with van der Waals surface area (Å²) in [5, 5.41) is 0. The maximum atomic E-state index is 13.5. The van der Waals surface area contributed by atoms with Crippen LogP contribution in [0.15, 0.2) is 59.8 Å². The normalized spacial score (nSPS) is 11.4. The second-order valence-electron chi connectivity index (χ2n) is 5.52. The van der Waals surface area contributed by atoms with Crippen LogP contribution in [0.3, 0.4) is 0 Å². The zero-order valence-electron chi connectivity index (χ0n) is 14.2. The standard InChI is InChI=1S/C18H15F2N3O3S/c1-26-17-7-6-14(20)8-18(17)27(24,25)23-10-15-9-16(22-11-21-15)12-2-4-13(19)5-3-12/h2-9,11,23H,10H2,1H3. The zero-order chi connectivity index (χ0) is 19.4. The minimum Gasteiger partial charge on any atom is -0.495 e. The number of ether oxygens (including phenoxy) is 1. The number of nitrogens with zero attached hydrogens (tertiary/aromatic N) is 2. The molecule has 0 aliphatic rings. The van der Waals surface area contributed by atoms with Gasteiger partial charge in [-0.2, -0.15) is 0 Å². The molecule has 0 aliphatic heterocycles. The number of methoxy groups -OCH3 is 1. The lowest BCUT2D eigenvalue weighted by Gasteiger charge is -2.11. The summed E-state index contributed by atoms with van der Waals surface area (Å²) in [5.74, 6) is -1.04. The molecule has 0 unspecified atom stereocenters. The predicted octanol–water partition coefficient (Wildman–Crippen LogP) is 2.91. The van der Waals surface area contributed by atoms with Crippen LogP contribution < -0.4 is 9.46 Å². The van der Waals surface area contributed by atoms with Crippen molar-refractivity contribution in [1.82, 2.24) is 14.7 Å². The van der Waals surface area contributed by atoms with Gasteiger partial charge in [0.25, 0.3) is 0 Å². The van der Waals surface area contributed by atoms with Gasteiger partial charge in [0.05, 0.1) is 25.0 Å². The van der Waals surface area contributed by atoms with Crippen molar-refractivity contribution in [3.05, 3.63) is 72.2 Å². The third-order valence-electron chi connectivity index (χ3n) is 3.72. The van der Waals surface area contributed by atoms with Gasteiger partial charge < -0.3 is 4.74 Å². The second-order valence-corrected chi connectivity index (χ2v) is 7.26. The molecule has 0 aliphatic carbocycles. The Morgan fingerprint density at radius 3 is 2.41 bits per heavy atom. The molecule has 1 heterocycles. The van der Waals surface area contributed by atoms with Gasteiger partial charge in [-0.25, -0.2) is 31.9 Å². The van der Waals surface area contributed by atoms with Crippen LogP contribution >= 0.6 is 0 Å². The van der Waals surface area contributed by atoms with Crippen molar-refractivity contribution in [2.45, 2.75) is 11.4 Å². The quantitative estimate of drug-likeness (QED) is 0.699. The van der Waals surface area contributed by atoms with Gasteiger partial charge in [0.1, 0.15) is 28.6 Å². The van der Waals surface area contributed by atoms with Gasteiger partial charge in [-0.3, -0.25) is 0 Å². The highest BCUT2D eigenvalue weighted by Crippen LogP contribution is 2.24. The van der Waals surface area contributed by atoms with E-state index in [1.807, 2.05) is 0 Å². The van der Waals surface area contributed by atoms with Gasteiger partial charge in [-0.15, -0.1) is 0 Å². The summed E-state index contributed by atoms with van der Waals surface area (Å²) in [6, 6.07) is 10.5. The van der Waals surface area contributed by atoms with E-state index < -0.39 is 15.8 Å². The largest absolute Gasteiger partial charge is 0.495 e. The minimum atomic E-state index is -4.03. The smallest absolute Gasteiger partial charge is 0.244 e. The van der Waals surface area contributed by atoms with E-state index in [4.69, 9.17) is 4.74 Å². The molecule has 6 nitrogen and oxygen atoms in total. The molecule has 9 heteroatoms. The monoisotopic (exact) mass is 391 g/mol. The highest BCUT2D eigenvalue weighted by molar-refractivity contribution is 7.89. The number of hydrogen-bond acceptors (Lipinski definition) is 5. The minimum absolute atomic E-state index is 0.0265.